The van der Waals surface area contributed by atoms with Crippen molar-refractivity contribution >= 4 is 17.7 Å². The summed E-state index contributed by atoms with van der Waals surface area (Å²) < 4.78 is 11.2. The Labute approximate surface area is 244 Å². The number of nitrogens with one attached hydrogen (secondary N) is 1. The number of benzene rings is 2. The number of likely N-dealkylation sites (tertiary alicyclic amines) is 1. The number of primary amides is 1. The van der Waals surface area contributed by atoms with Crippen LogP contribution in [-0.4, -0.2) is 55.5 Å². The maximum atomic E-state index is 14.5. The fraction of sp³-hybridized carbons (Fsp3) is 0.545. The summed E-state index contributed by atoms with van der Waals surface area (Å²) in [6, 6.07) is 12.3. The number of hydrogen-bond acceptors (Lipinski definition) is 5. The first kappa shape index (κ1) is 30.4. The Bertz CT molecular complexity index is 1190. The molecule has 3 N–H and O–H groups in total. The first-order chi connectivity index (χ1) is 19.8. The quantitative estimate of drug-likeness (QED) is 0.413. The second-order valence-electron chi connectivity index (χ2n) is 11.5. The molecule has 1 saturated carbocycles. The van der Waals surface area contributed by atoms with Crippen molar-refractivity contribution in [1.29, 1.82) is 0 Å². The lowest BCUT2D eigenvalue weighted by atomic mass is 9.75. The van der Waals surface area contributed by atoms with E-state index in [9.17, 15) is 14.4 Å². The van der Waals surface area contributed by atoms with Gasteiger partial charge >= 0.3 is 0 Å². The lowest BCUT2D eigenvalue weighted by molar-refractivity contribution is -0.145. The second kappa shape index (κ2) is 14.4. The van der Waals surface area contributed by atoms with E-state index in [1.165, 1.54) is 6.42 Å². The van der Waals surface area contributed by atoms with Crippen LogP contribution in [0, 0.1) is 12.8 Å². The predicted molar refractivity (Wildman–Crippen MR) is 159 cm³/mol. The van der Waals surface area contributed by atoms with E-state index in [2.05, 4.69) is 5.32 Å². The number of nitrogens with two attached hydrogens (primary N) is 1. The average molecular weight is 564 g/mol. The van der Waals surface area contributed by atoms with Gasteiger partial charge in [0.25, 0.3) is 0 Å². The fourth-order valence-corrected chi connectivity index (χ4v) is 6.60. The highest BCUT2D eigenvalue weighted by atomic mass is 16.5. The summed E-state index contributed by atoms with van der Waals surface area (Å²) in [4.78, 5) is 42.2. The highest BCUT2D eigenvalue weighted by Crippen LogP contribution is 2.42. The predicted octanol–water partition coefficient (Wildman–Crippen LogP) is 4.66. The van der Waals surface area contributed by atoms with E-state index < -0.39 is 18.0 Å². The monoisotopic (exact) mass is 563 g/mol. The molecular weight excluding hydrogens is 518 g/mol. The van der Waals surface area contributed by atoms with Gasteiger partial charge in [-0.2, -0.15) is 0 Å². The SMILES string of the molecule is COc1cc([C@@H](C(=O)N2CCCC[C@H]2C(=O)N[C@@H](CCc2ccccc2)C(N)=O)C2CCCCC2)cc(C)c1OC. The van der Waals surface area contributed by atoms with E-state index in [0.717, 1.165) is 55.2 Å². The van der Waals surface area contributed by atoms with Crippen molar-refractivity contribution in [2.45, 2.75) is 89.1 Å². The Morgan fingerprint density at radius 2 is 1.68 bits per heavy atom. The Morgan fingerprint density at radius 3 is 2.34 bits per heavy atom. The van der Waals surface area contributed by atoms with Crippen LogP contribution in [0.2, 0.25) is 0 Å². The molecule has 3 atom stereocenters. The summed E-state index contributed by atoms with van der Waals surface area (Å²) in [5.41, 5.74) is 8.59. The number of carbonyl (C=O) groups is 3. The molecule has 222 valence electrons. The Balaban J connectivity index is 1.58. The minimum Gasteiger partial charge on any atom is -0.493 e. The molecule has 8 nitrogen and oxygen atoms in total. The lowest BCUT2D eigenvalue weighted by Gasteiger charge is -2.40. The van der Waals surface area contributed by atoms with Crippen LogP contribution in [0.15, 0.2) is 42.5 Å². The van der Waals surface area contributed by atoms with Crippen molar-refractivity contribution in [3.05, 3.63) is 59.2 Å². The largest absolute Gasteiger partial charge is 0.493 e. The van der Waals surface area contributed by atoms with Crippen molar-refractivity contribution in [2.24, 2.45) is 11.7 Å². The summed E-state index contributed by atoms with van der Waals surface area (Å²) in [7, 11) is 3.22. The number of carbonyl (C=O) groups excluding carboxylic acids is 3. The van der Waals surface area contributed by atoms with E-state index in [-0.39, 0.29) is 23.7 Å². The van der Waals surface area contributed by atoms with Crippen LogP contribution in [-0.2, 0) is 20.8 Å². The van der Waals surface area contributed by atoms with Gasteiger partial charge in [-0.1, -0.05) is 55.7 Å². The summed E-state index contributed by atoms with van der Waals surface area (Å²) in [5, 5.41) is 2.90. The van der Waals surface area contributed by atoms with Crippen LogP contribution in [0.4, 0.5) is 0 Å². The Hall–Kier alpha value is -3.55. The van der Waals surface area contributed by atoms with Gasteiger partial charge in [-0.3, -0.25) is 14.4 Å². The third-order valence-corrected chi connectivity index (χ3v) is 8.75. The zero-order valence-corrected chi connectivity index (χ0v) is 24.7. The molecule has 2 aromatic carbocycles. The molecule has 0 unspecified atom stereocenters. The average Bonchev–Trinajstić information content (AvgIpc) is 2.99. The maximum Gasteiger partial charge on any atom is 0.243 e. The van der Waals surface area contributed by atoms with Gasteiger partial charge < -0.3 is 25.4 Å². The summed E-state index contributed by atoms with van der Waals surface area (Å²) in [6.45, 7) is 2.47. The number of hydrogen-bond donors (Lipinski definition) is 2. The molecule has 0 spiro atoms. The molecule has 2 aliphatic rings. The van der Waals surface area contributed by atoms with Crippen molar-refractivity contribution in [2.75, 3.05) is 20.8 Å². The Kier molecular flexibility index (Phi) is 10.7. The molecule has 1 aliphatic heterocycles. The number of piperidine rings is 1. The van der Waals surface area contributed by atoms with E-state index >= 15 is 0 Å². The van der Waals surface area contributed by atoms with Gasteiger partial charge in [0, 0.05) is 6.54 Å². The normalized spacial score (nSPS) is 19.2. The molecule has 2 aromatic rings. The lowest BCUT2D eigenvalue weighted by Crippen LogP contribution is -2.57. The molecule has 2 fully saturated rings. The zero-order valence-electron chi connectivity index (χ0n) is 24.7. The third-order valence-electron chi connectivity index (χ3n) is 8.75. The summed E-state index contributed by atoms with van der Waals surface area (Å²) >= 11 is 0. The molecule has 8 heteroatoms. The first-order valence-corrected chi connectivity index (χ1v) is 15.0. The number of nitrogens with zero attached hydrogens (tertiary/aromatic N) is 1. The number of aryl methyl sites for hydroxylation is 2. The van der Waals surface area contributed by atoms with Crippen LogP contribution < -0.4 is 20.5 Å². The van der Waals surface area contributed by atoms with Crippen LogP contribution in [0.25, 0.3) is 0 Å². The highest BCUT2D eigenvalue weighted by Gasteiger charge is 2.40. The molecule has 1 aliphatic carbocycles. The highest BCUT2D eigenvalue weighted by molar-refractivity contribution is 5.93. The van der Waals surface area contributed by atoms with Gasteiger partial charge in [0.2, 0.25) is 17.7 Å². The van der Waals surface area contributed by atoms with Crippen molar-refractivity contribution in [3.63, 3.8) is 0 Å². The molecule has 1 heterocycles. The van der Waals surface area contributed by atoms with Crippen molar-refractivity contribution in [3.8, 4) is 11.5 Å². The number of rotatable bonds is 11. The maximum absolute atomic E-state index is 14.5. The number of ether oxygens (including phenoxy) is 2. The minimum absolute atomic E-state index is 0.0247. The van der Waals surface area contributed by atoms with Gasteiger partial charge in [-0.25, -0.2) is 0 Å². The molecule has 4 rings (SSSR count). The Morgan fingerprint density at radius 1 is 0.976 bits per heavy atom. The first-order valence-electron chi connectivity index (χ1n) is 15.0. The standard InChI is InChI=1S/C33H45N3O5/c1-22-20-25(21-28(40-2)30(22)41-3)29(24-14-8-5-9-15-24)33(39)36-19-11-10-16-27(36)32(38)35-26(31(34)37)18-17-23-12-6-4-7-13-23/h4,6-7,12-13,20-21,24,26-27,29H,5,8-11,14-19H2,1-3H3,(H2,34,37)(H,35,38)/t26-,27-,29-/m0/s1. The third kappa shape index (κ3) is 7.40. The van der Waals surface area contributed by atoms with Crippen LogP contribution in [0.1, 0.15) is 80.4 Å². The molecule has 0 aromatic heterocycles. The molecule has 0 bridgehead atoms. The fourth-order valence-electron chi connectivity index (χ4n) is 6.60. The summed E-state index contributed by atoms with van der Waals surface area (Å²) in [5.74, 6) is 0.171. The van der Waals surface area contributed by atoms with E-state index in [1.807, 2.05) is 49.4 Å². The topological polar surface area (TPSA) is 111 Å². The van der Waals surface area contributed by atoms with Crippen LogP contribution in [0.3, 0.4) is 0 Å². The molecule has 3 amide bonds. The van der Waals surface area contributed by atoms with Crippen molar-refractivity contribution in [1.82, 2.24) is 10.2 Å². The second-order valence-corrected chi connectivity index (χ2v) is 11.5. The number of amides is 3. The van der Waals surface area contributed by atoms with E-state index in [1.54, 1.807) is 19.1 Å². The van der Waals surface area contributed by atoms with Crippen molar-refractivity contribution < 1.29 is 23.9 Å². The summed E-state index contributed by atoms with van der Waals surface area (Å²) in [6.07, 6.45) is 8.56. The van der Waals surface area contributed by atoms with Crippen LogP contribution >= 0.6 is 0 Å². The van der Waals surface area contributed by atoms with Gasteiger partial charge in [-0.05, 0) is 80.5 Å². The number of methoxy groups -OCH3 is 2. The van der Waals surface area contributed by atoms with E-state index in [0.29, 0.717) is 37.3 Å². The molecule has 0 radical (unpaired) electrons. The minimum atomic E-state index is -0.802. The molecule has 1 saturated heterocycles. The van der Waals surface area contributed by atoms with Gasteiger partial charge in [0.1, 0.15) is 12.1 Å². The van der Waals surface area contributed by atoms with Crippen LogP contribution in [0.5, 0.6) is 11.5 Å². The zero-order chi connectivity index (χ0) is 29.4. The molecular formula is C33H45N3O5. The molecule has 41 heavy (non-hydrogen) atoms. The van der Waals surface area contributed by atoms with Gasteiger partial charge in [0.15, 0.2) is 11.5 Å². The van der Waals surface area contributed by atoms with Gasteiger partial charge in [0.05, 0.1) is 20.1 Å². The van der Waals surface area contributed by atoms with E-state index in [4.69, 9.17) is 15.2 Å². The smallest absolute Gasteiger partial charge is 0.243 e. The van der Waals surface area contributed by atoms with Gasteiger partial charge in [-0.15, -0.1) is 0 Å².